The smallest absolute Gasteiger partial charge is 0.243 e. The molecular formula is C33H38N4O4S. The SMILES string of the molecule is COc1ccc2cc(S(=O)(=O)N3CCn4cccc4C3CC(=O)NC3CCCc4cc(CN(C)C)ccc43)ccc2c1. The fraction of sp³-hybridized carbons (Fsp3) is 0.364. The van der Waals surface area contributed by atoms with E-state index < -0.39 is 16.1 Å². The van der Waals surface area contributed by atoms with Crippen molar-refractivity contribution in [3.63, 3.8) is 0 Å². The number of fused-ring (bicyclic) bond motifs is 3. The number of rotatable bonds is 8. The van der Waals surface area contributed by atoms with Crippen LogP contribution < -0.4 is 10.1 Å². The summed E-state index contributed by atoms with van der Waals surface area (Å²) in [6, 6.07) is 20.5. The number of carbonyl (C=O) groups is 1. The molecule has 1 aliphatic heterocycles. The summed E-state index contributed by atoms with van der Waals surface area (Å²) in [7, 11) is 1.85. The second kappa shape index (κ2) is 11.6. The van der Waals surface area contributed by atoms with Crippen molar-refractivity contribution in [3.05, 3.63) is 95.3 Å². The van der Waals surface area contributed by atoms with Crippen molar-refractivity contribution < 1.29 is 17.9 Å². The number of hydrogen-bond donors (Lipinski definition) is 1. The maximum absolute atomic E-state index is 14.1. The van der Waals surface area contributed by atoms with Gasteiger partial charge < -0.3 is 19.5 Å². The van der Waals surface area contributed by atoms with Crippen molar-refractivity contribution in [2.45, 2.75) is 55.8 Å². The number of benzene rings is 3. The van der Waals surface area contributed by atoms with Crippen LogP contribution in [0.1, 0.15) is 53.7 Å². The van der Waals surface area contributed by atoms with Crippen LogP contribution in [0.3, 0.4) is 0 Å². The number of nitrogens with zero attached hydrogens (tertiary/aromatic N) is 3. The molecule has 3 aromatic carbocycles. The number of sulfonamides is 1. The average molecular weight is 587 g/mol. The van der Waals surface area contributed by atoms with E-state index in [1.165, 1.54) is 21.0 Å². The van der Waals surface area contributed by atoms with E-state index in [4.69, 9.17) is 4.74 Å². The summed E-state index contributed by atoms with van der Waals surface area (Å²) in [5.41, 5.74) is 4.56. The molecule has 4 aromatic rings. The quantitative estimate of drug-likeness (QED) is 0.313. The van der Waals surface area contributed by atoms with Crippen LogP contribution in [-0.4, -0.2) is 55.8 Å². The third-order valence-corrected chi connectivity index (χ3v) is 10.4. The summed E-state index contributed by atoms with van der Waals surface area (Å²) in [5.74, 6) is 0.575. The van der Waals surface area contributed by atoms with Gasteiger partial charge in [0.05, 0.1) is 24.1 Å². The van der Waals surface area contributed by atoms with Crippen LogP contribution in [0.25, 0.3) is 10.8 Å². The molecule has 0 saturated heterocycles. The van der Waals surface area contributed by atoms with Gasteiger partial charge in [-0.15, -0.1) is 0 Å². The van der Waals surface area contributed by atoms with Crippen LogP contribution in [0.5, 0.6) is 5.75 Å². The summed E-state index contributed by atoms with van der Waals surface area (Å²) in [6.45, 7) is 1.71. The normalized spacial score (nSPS) is 19.0. The predicted octanol–water partition coefficient (Wildman–Crippen LogP) is 5.04. The summed E-state index contributed by atoms with van der Waals surface area (Å²) in [4.78, 5) is 16.0. The van der Waals surface area contributed by atoms with E-state index in [0.717, 1.165) is 48.0 Å². The molecule has 0 bridgehead atoms. The summed E-state index contributed by atoms with van der Waals surface area (Å²) < 4.78 is 37.1. The zero-order valence-electron chi connectivity index (χ0n) is 24.4. The van der Waals surface area contributed by atoms with Crippen molar-refractivity contribution in [2.24, 2.45) is 0 Å². The Hall–Kier alpha value is -3.66. The van der Waals surface area contributed by atoms with E-state index in [2.05, 4.69) is 47.1 Å². The van der Waals surface area contributed by atoms with Crippen molar-refractivity contribution >= 4 is 26.7 Å². The highest BCUT2D eigenvalue weighted by Crippen LogP contribution is 2.36. The average Bonchev–Trinajstić information content (AvgIpc) is 3.46. The zero-order chi connectivity index (χ0) is 29.4. The largest absolute Gasteiger partial charge is 0.497 e. The Labute approximate surface area is 247 Å². The van der Waals surface area contributed by atoms with Gasteiger partial charge in [-0.2, -0.15) is 4.31 Å². The molecule has 1 aromatic heterocycles. The van der Waals surface area contributed by atoms with Gasteiger partial charge in [0.15, 0.2) is 0 Å². The molecule has 2 atom stereocenters. The van der Waals surface area contributed by atoms with Crippen LogP contribution in [0.2, 0.25) is 0 Å². The highest BCUT2D eigenvalue weighted by Gasteiger charge is 2.38. The lowest BCUT2D eigenvalue weighted by Gasteiger charge is -2.36. The Morgan fingerprint density at radius 3 is 2.64 bits per heavy atom. The number of aromatic nitrogens is 1. The Morgan fingerprint density at radius 1 is 1.02 bits per heavy atom. The fourth-order valence-corrected chi connectivity index (χ4v) is 8.10. The molecule has 9 heteroatoms. The number of aryl methyl sites for hydroxylation is 1. The van der Waals surface area contributed by atoms with Crippen LogP contribution in [-0.2, 0) is 34.3 Å². The lowest BCUT2D eigenvalue weighted by molar-refractivity contribution is -0.123. The Balaban J connectivity index is 1.25. The molecule has 2 heterocycles. The van der Waals surface area contributed by atoms with Crippen molar-refractivity contribution in [1.82, 2.24) is 19.1 Å². The number of hydrogen-bond acceptors (Lipinski definition) is 5. The zero-order valence-corrected chi connectivity index (χ0v) is 25.2. The van der Waals surface area contributed by atoms with Gasteiger partial charge in [0, 0.05) is 37.9 Å². The van der Waals surface area contributed by atoms with Crippen molar-refractivity contribution in [1.29, 1.82) is 0 Å². The molecule has 2 unspecified atom stereocenters. The molecule has 2 aliphatic rings. The van der Waals surface area contributed by atoms with Crippen LogP contribution in [0.4, 0.5) is 0 Å². The number of ether oxygens (including phenoxy) is 1. The lowest BCUT2D eigenvalue weighted by Crippen LogP contribution is -2.44. The predicted molar refractivity (Wildman–Crippen MR) is 164 cm³/mol. The molecule has 0 fully saturated rings. The molecule has 0 radical (unpaired) electrons. The van der Waals surface area contributed by atoms with Gasteiger partial charge in [-0.25, -0.2) is 8.42 Å². The number of nitrogens with one attached hydrogen (secondary N) is 1. The summed E-state index contributed by atoms with van der Waals surface area (Å²) >= 11 is 0. The number of methoxy groups -OCH3 is 1. The van der Waals surface area contributed by atoms with Gasteiger partial charge >= 0.3 is 0 Å². The first-order valence-corrected chi connectivity index (χ1v) is 16.0. The monoisotopic (exact) mass is 586 g/mol. The molecule has 1 amide bonds. The first kappa shape index (κ1) is 28.5. The molecule has 0 spiro atoms. The van der Waals surface area contributed by atoms with Gasteiger partial charge in [0.1, 0.15) is 5.75 Å². The van der Waals surface area contributed by atoms with Gasteiger partial charge in [-0.3, -0.25) is 4.79 Å². The highest BCUT2D eigenvalue weighted by atomic mass is 32.2. The number of amides is 1. The molecule has 6 rings (SSSR count). The minimum Gasteiger partial charge on any atom is -0.497 e. The summed E-state index contributed by atoms with van der Waals surface area (Å²) in [6.07, 6.45) is 4.89. The summed E-state index contributed by atoms with van der Waals surface area (Å²) in [5, 5.41) is 4.98. The van der Waals surface area contributed by atoms with E-state index in [1.54, 1.807) is 19.2 Å². The van der Waals surface area contributed by atoms with Crippen LogP contribution >= 0.6 is 0 Å². The number of carbonyl (C=O) groups excluding carboxylic acids is 1. The topological polar surface area (TPSA) is 83.9 Å². The first-order valence-electron chi connectivity index (χ1n) is 14.5. The van der Waals surface area contributed by atoms with Crippen molar-refractivity contribution in [3.8, 4) is 5.75 Å². The Bertz CT molecular complexity index is 1730. The first-order chi connectivity index (χ1) is 20.2. The lowest BCUT2D eigenvalue weighted by atomic mass is 9.86. The maximum Gasteiger partial charge on any atom is 0.243 e. The van der Waals surface area contributed by atoms with Gasteiger partial charge in [0.2, 0.25) is 15.9 Å². The van der Waals surface area contributed by atoms with Crippen LogP contribution in [0.15, 0.2) is 77.8 Å². The minimum atomic E-state index is -3.88. The molecular weight excluding hydrogens is 548 g/mol. The van der Waals surface area contributed by atoms with Crippen LogP contribution in [0, 0.1) is 0 Å². The fourth-order valence-electron chi connectivity index (χ4n) is 6.47. The Morgan fingerprint density at radius 2 is 1.83 bits per heavy atom. The molecule has 220 valence electrons. The molecule has 8 nitrogen and oxygen atoms in total. The van der Waals surface area contributed by atoms with E-state index in [1.807, 2.05) is 42.6 Å². The molecule has 0 saturated carbocycles. The van der Waals surface area contributed by atoms with Gasteiger partial charge in [-0.05, 0) is 97.2 Å². The van der Waals surface area contributed by atoms with E-state index in [-0.39, 0.29) is 23.3 Å². The van der Waals surface area contributed by atoms with E-state index in [9.17, 15) is 13.2 Å². The molecule has 1 aliphatic carbocycles. The maximum atomic E-state index is 14.1. The second-order valence-corrected chi connectivity index (χ2v) is 13.5. The van der Waals surface area contributed by atoms with E-state index in [0.29, 0.717) is 13.1 Å². The molecule has 42 heavy (non-hydrogen) atoms. The minimum absolute atomic E-state index is 0.0541. The highest BCUT2D eigenvalue weighted by molar-refractivity contribution is 7.89. The third-order valence-electron chi connectivity index (χ3n) is 8.47. The van der Waals surface area contributed by atoms with E-state index >= 15 is 0 Å². The standard InChI is InChI=1S/C33H38N4O4S/c1-35(2)22-23-9-14-29-26(18-23)6-4-7-30(29)34-33(38)21-32-31-8-5-15-36(31)16-17-37(32)42(39,40)28-13-11-24-19-27(41-3)12-10-25(24)20-28/h5,8-15,18-20,30,32H,4,6-7,16-17,21-22H2,1-3H3,(H,34,38). The van der Waals surface area contributed by atoms with Gasteiger partial charge in [-0.1, -0.05) is 30.3 Å². The second-order valence-electron chi connectivity index (χ2n) is 11.6. The van der Waals surface area contributed by atoms with Gasteiger partial charge in [0.25, 0.3) is 0 Å². The molecule has 1 N–H and O–H groups in total. The van der Waals surface area contributed by atoms with Crippen molar-refractivity contribution in [2.75, 3.05) is 27.7 Å². The Kier molecular flexibility index (Phi) is 7.83. The third kappa shape index (κ3) is 5.56.